The Morgan fingerprint density at radius 1 is 1.14 bits per heavy atom. The quantitative estimate of drug-likeness (QED) is 0.730. The van der Waals surface area contributed by atoms with E-state index in [1.807, 2.05) is 0 Å². The van der Waals surface area contributed by atoms with E-state index in [0.29, 0.717) is 12.1 Å². The molecule has 14 heavy (non-hydrogen) atoms. The Morgan fingerprint density at radius 3 is 2.29 bits per heavy atom. The third kappa shape index (κ3) is 1.40. The van der Waals surface area contributed by atoms with Crippen LogP contribution < -0.4 is 5.32 Å². The van der Waals surface area contributed by atoms with Crippen LogP contribution in [0.4, 0.5) is 0 Å². The van der Waals surface area contributed by atoms with Crippen molar-refractivity contribution in [2.75, 3.05) is 0 Å². The van der Waals surface area contributed by atoms with Crippen LogP contribution in [0.2, 0.25) is 0 Å². The Balaban J connectivity index is 1.80. The lowest BCUT2D eigenvalue weighted by molar-refractivity contribution is -0.236. The number of rotatable bonds is 2. The van der Waals surface area contributed by atoms with Gasteiger partial charge in [0.1, 0.15) is 5.72 Å². The highest BCUT2D eigenvalue weighted by Crippen LogP contribution is 2.51. The third-order valence-electron chi connectivity index (χ3n) is 4.04. The second-order valence-corrected chi connectivity index (χ2v) is 5.88. The van der Waals surface area contributed by atoms with Crippen molar-refractivity contribution in [3.63, 3.8) is 0 Å². The van der Waals surface area contributed by atoms with Gasteiger partial charge in [-0.1, -0.05) is 0 Å². The molecule has 0 spiro atoms. The summed E-state index contributed by atoms with van der Waals surface area (Å²) in [5, 5.41) is 3.67. The maximum atomic E-state index is 6.21. The smallest absolute Gasteiger partial charge is 0.120 e. The van der Waals surface area contributed by atoms with Crippen LogP contribution in [-0.4, -0.2) is 17.9 Å². The predicted octanol–water partition coefficient (Wildman–Crippen LogP) is 2.29. The molecule has 2 unspecified atom stereocenters. The van der Waals surface area contributed by atoms with Crippen LogP contribution in [0.5, 0.6) is 0 Å². The summed E-state index contributed by atoms with van der Waals surface area (Å²) in [5.74, 6) is 1.90. The van der Waals surface area contributed by atoms with Crippen molar-refractivity contribution < 1.29 is 4.74 Å². The Kier molecular flexibility index (Phi) is 1.94. The molecule has 2 saturated heterocycles. The number of ether oxygens (including phenoxy) is 1. The first kappa shape index (κ1) is 9.17. The lowest BCUT2D eigenvalue weighted by atomic mass is 9.65. The van der Waals surface area contributed by atoms with Gasteiger partial charge >= 0.3 is 0 Å². The van der Waals surface area contributed by atoms with Crippen LogP contribution in [0.25, 0.3) is 0 Å². The van der Waals surface area contributed by atoms with Crippen molar-refractivity contribution in [2.45, 2.75) is 63.8 Å². The summed E-state index contributed by atoms with van der Waals surface area (Å²) < 4.78 is 6.21. The van der Waals surface area contributed by atoms with Gasteiger partial charge in [-0.05, 0) is 57.8 Å². The minimum Gasteiger partial charge on any atom is -0.357 e. The highest BCUT2D eigenvalue weighted by molar-refractivity contribution is 5.00. The van der Waals surface area contributed by atoms with Gasteiger partial charge in [-0.15, -0.1) is 0 Å². The van der Waals surface area contributed by atoms with E-state index in [2.05, 4.69) is 19.2 Å². The Bertz CT molecular complexity index is 195. The van der Waals surface area contributed by atoms with Gasteiger partial charge in [0.2, 0.25) is 0 Å². The van der Waals surface area contributed by atoms with Gasteiger partial charge in [0, 0.05) is 6.04 Å². The molecule has 0 amide bonds. The van der Waals surface area contributed by atoms with Crippen LogP contribution in [0.3, 0.4) is 0 Å². The summed E-state index contributed by atoms with van der Waals surface area (Å²) >= 11 is 0. The summed E-state index contributed by atoms with van der Waals surface area (Å²) in [6.45, 7) is 4.45. The number of hydrogen-bond acceptors (Lipinski definition) is 2. The summed E-state index contributed by atoms with van der Waals surface area (Å²) in [6.07, 6.45) is 7.24. The topological polar surface area (TPSA) is 21.3 Å². The Hall–Kier alpha value is -0.0800. The summed E-state index contributed by atoms with van der Waals surface area (Å²) in [5.41, 5.74) is 0.0723. The molecule has 4 rings (SSSR count). The molecule has 2 aliphatic heterocycles. The van der Waals surface area contributed by atoms with Gasteiger partial charge in [0.05, 0.1) is 6.10 Å². The Morgan fingerprint density at radius 2 is 1.79 bits per heavy atom. The summed E-state index contributed by atoms with van der Waals surface area (Å²) in [4.78, 5) is 0. The zero-order chi connectivity index (χ0) is 9.76. The molecule has 2 atom stereocenters. The molecule has 1 N–H and O–H groups in total. The van der Waals surface area contributed by atoms with Crippen LogP contribution in [-0.2, 0) is 4.74 Å². The molecular weight excluding hydrogens is 174 g/mol. The van der Waals surface area contributed by atoms with Gasteiger partial charge in [0.25, 0.3) is 0 Å². The second kappa shape index (κ2) is 2.96. The van der Waals surface area contributed by atoms with Crippen LogP contribution >= 0.6 is 0 Å². The molecule has 2 aliphatic carbocycles. The molecule has 2 heteroatoms. The molecule has 0 aromatic carbocycles. The molecular formula is C12H21NO. The fourth-order valence-electron chi connectivity index (χ4n) is 4.04. The Labute approximate surface area is 86.4 Å². The van der Waals surface area contributed by atoms with E-state index >= 15 is 0 Å². The first-order chi connectivity index (χ1) is 6.65. The van der Waals surface area contributed by atoms with E-state index < -0.39 is 0 Å². The van der Waals surface area contributed by atoms with Crippen molar-refractivity contribution in [1.82, 2.24) is 5.32 Å². The molecule has 2 heterocycles. The van der Waals surface area contributed by atoms with Crippen molar-refractivity contribution in [2.24, 2.45) is 11.8 Å². The van der Waals surface area contributed by atoms with Crippen LogP contribution in [0.15, 0.2) is 0 Å². The molecule has 2 nitrogen and oxygen atoms in total. The van der Waals surface area contributed by atoms with Gasteiger partial charge in [-0.2, -0.15) is 0 Å². The minimum absolute atomic E-state index is 0.0723. The van der Waals surface area contributed by atoms with E-state index in [-0.39, 0.29) is 5.72 Å². The first-order valence-corrected chi connectivity index (χ1v) is 6.11. The van der Waals surface area contributed by atoms with Gasteiger partial charge < -0.3 is 4.74 Å². The van der Waals surface area contributed by atoms with E-state index in [1.54, 1.807) is 0 Å². The first-order valence-electron chi connectivity index (χ1n) is 6.11. The fraction of sp³-hybridized carbons (Fsp3) is 1.00. The second-order valence-electron chi connectivity index (χ2n) is 5.88. The van der Waals surface area contributed by atoms with Crippen LogP contribution in [0, 0.1) is 11.8 Å². The maximum Gasteiger partial charge on any atom is 0.120 e. The molecule has 4 bridgehead atoms. The van der Waals surface area contributed by atoms with Crippen molar-refractivity contribution in [3.8, 4) is 0 Å². The highest BCUT2D eigenvalue weighted by atomic mass is 16.5. The standard InChI is InChI=1S/C12H21NO/c1-8(2)13-12-6-9-3-10(7-12)5-11(4-9)14-12/h8-11,13H,3-7H2,1-2H3. The van der Waals surface area contributed by atoms with Gasteiger partial charge in [-0.25, -0.2) is 0 Å². The molecule has 0 aromatic heterocycles. The van der Waals surface area contributed by atoms with E-state index in [4.69, 9.17) is 4.74 Å². The largest absolute Gasteiger partial charge is 0.357 e. The van der Waals surface area contributed by atoms with Crippen LogP contribution in [0.1, 0.15) is 46.0 Å². The molecule has 4 aliphatic rings. The zero-order valence-electron chi connectivity index (χ0n) is 9.25. The summed E-state index contributed by atoms with van der Waals surface area (Å²) in [7, 11) is 0. The maximum absolute atomic E-state index is 6.21. The van der Waals surface area contributed by atoms with Crippen molar-refractivity contribution in [1.29, 1.82) is 0 Å². The van der Waals surface area contributed by atoms with E-state index in [9.17, 15) is 0 Å². The van der Waals surface area contributed by atoms with E-state index in [1.165, 1.54) is 32.1 Å². The minimum atomic E-state index is 0.0723. The average Bonchev–Trinajstić information content (AvgIpc) is 1.96. The van der Waals surface area contributed by atoms with Crippen molar-refractivity contribution in [3.05, 3.63) is 0 Å². The van der Waals surface area contributed by atoms with Gasteiger partial charge in [-0.3, -0.25) is 5.32 Å². The van der Waals surface area contributed by atoms with Crippen molar-refractivity contribution >= 4 is 0 Å². The molecule has 2 saturated carbocycles. The number of nitrogens with one attached hydrogen (secondary N) is 1. The van der Waals surface area contributed by atoms with Gasteiger partial charge in [0.15, 0.2) is 0 Å². The highest BCUT2D eigenvalue weighted by Gasteiger charge is 2.52. The molecule has 0 aromatic rings. The predicted molar refractivity (Wildman–Crippen MR) is 55.9 cm³/mol. The monoisotopic (exact) mass is 195 g/mol. The molecule has 4 fully saturated rings. The number of hydrogen-bond donors (Lipinski definition) is 1. The normalized spacial score (nSPS) is 50.4. The third-order valence-corrected chi connectivity index (χ3v) is 4.04. The lowest BCUT2D eigenvalue weighted by Crippen LogP contribution is -2.63. The molecule has 0 radical (unpaired) electrons. The lowest BCUT2D eigenvalue weighted by Gasteiger charge is -2.57. The average molecular weight is 195 g/mol. The molecule has 80 valence electrons. The summed E-state index contributed by atoms with van der Waals surface area (Å²) in [6, 6.07) is 0.547. The van der Waals surface area contributed by atoms with E-state index in [0.717, 1.165) is 11.8 Å². The SMILES string of the molecule is CC(C)NC12CC3CC(CC(C3)O1)C2. The fourth-order valence-corrected chi connectivity index (χ4v) is 4.04. The zero-order valence-corrected chi connectivity index (χ0v) is 9.25.